The molecule has 1 atom stereocenters. The third-order valence-corrected chi connectivity index (χ3v) is 3.60. The molecule has 0 aliphatic heterocycles. The quantitative estimate of drug-likeness (QED) is 0.844. The zero-order valence-electron chi connectivity index (χ0n) is 11.9. The number of carbonyl (C=O) groups is 2. The molecule has 0 saturated heterocycles. The van der Waals surface area contributed by atoms with E-state index < -0.39 is 12.0 Å². The van der Waals surface area contributed by atoms with E-state index in [1.165, 1.54) is 6.92 Å². The maximum Gasteiger partial charge on any atom is 0.325 e. The fourth-order valence-electron chi connectivity index (χ4n) is 2.03. The number of carboxylic acid groups (broad SMARTS) is 1. The second-order valence-electron chi connectivity index (χ2n) is 4.66. The smallest absolute Gasteiger partial charge is 0.325 e. The normalized spacial score (nSPS) is 12.3. The van der Waals surface area contributed by atoms with Gasteiger partial charge in [-0.3, -0.25) is 9.59 Å². The molecule has 0 unspecified atom stereocenters. The lowest BCUT2D eigenvalue weighted by Crippen LogP contribution is -2.40. The topological polar surface area (TPSA) is 84.2 Å². The lowest BCUT2D eigenvalue weighted by atomic mass is 10.3. The molecule has 1 aromatic carbocycles. The van der Waals surface area contributed by atoms with Crippen molar-refractivity contribution in [2.45, 2.75) is 25.3 Å². The summed E-state index contributed by atoms with van der Waals surface area (Å²) in [5.74, 6) is 0.108. The number of hydrogen-bond donors (Lipinski definition) is 2. The van der Waals surface area contributed by atoms with Gasteiger partial charge in [0.25, 0.3) is 0 Å². The van der Waals surface area contributed by atoms with Crippen LogP contribution in [0.3, 0.4) is 0 Å². The van der Waals surface area contributed by atoms with Gasteiger partial charge < -0.3 is 15.0 Å². The Morgan fingerprint density at radius 2 is 2.14 bits per heavy atom. The predicted molar refractivity (Wildman–Crippen MR) is 82.2 cm³/mol. The number of aliphatic carboxylic acids is 1. The van der Waals surface area contributed by atoms with Crippen LogP contribution in [0.2, 0.25) is 0 Å². The Morgan fingerprint density at radius 1 is 1.43 bits per heavy atom. The molecule has 1 amide bonds. The van der Waals surface area contributed by atoms with Crippen molar-refractivity contribution in [3.63, 3.8) is 0 Å². The van der Waals surface area contributed by atoms with E-state index in [1.807, 2.05) is 35.1 Å². The summed E-state index contributed by atoms with van der Waals surface area (Å²) in [6.07, 6.45) is 1.97. The van der Waals surface area contributed by atoms with Crippen molar-refractivity contribution in [2.75, 3.05) is 6.26 Å². The fraction of sp³-hybridized carbons (Fsp3) is 0.357. The van der Waals surface area contributed by atoms with Crippen molar-refractivity contribution >= 4 is 34.7 Å². The van der Waals surface area contributed by atoms with Gasteiger partial charge in [0.05, 0.1) is 16.8 Å². The average Bonchev–Trinajstić information content (AvgIpc) is 2.77. The monoisotopic (exact) mass is 307 g/mol. The lowest BCUT2D eigenvalue weighted by molar-refractivity contribution is -0.141. The van der Waals surface area contributed by atoms with Crippen LogP contribution in [0.5, 0.6) is 0 Å². The van der Waals surface area contributed by atoms with Crippen LogP contribution in [0.15, 0.2) is 24.3 Å². The van der Waals surface area contributed by atoms with Crippen molar-refractivity contribution in [2.24, 2.45) is 0 Å². The van der Waals surface area contributed by atoms with Gasteiger partial charge in [-0.05, 0) is 25.3 Å². The van der Waals surface area contributed by atoms with Gasteiger partial charge in [0, 0.05) is 0 Å². The van der Waals surface area contributed by atoms with E-state index in [2.05, 4.69) is 10.3 Å². The maximum atomic E-state index is 12.0. The molecule has 0 bridgehead atoms. The third kappa shape index (κ3) is 3.55. The molecule has 0 saturated carbocycles. The molecular formula is C14H17N3O3S. The van der Waals surface area contributed by atoms with Gasteiger partial charge in [0.2, 0.25) is 5.91 Å². The first kappa shape index (κ1) is 15.4. The Bertz CT molecular complexity index is 669. The molecule has 112 valence electrons. The van der Waals surface area contributed by atoms with Gasteiger partial charge in [-0.25, -0.2) is 4.98 Å². The van der Waals surface area contributed by atoms with Crippen LogP contribution in [-0.2, 0) is 21.9 Å². The zero-order valence-corrected chi connectivity index (χ0v) is 12.7. The molecule has 21 heavy (non-hydrogen) atoms. The highest BCUT2D eigenvalue weighted by Gasteiger charge is 2.17. The van der Waals surface area contributed by atoms with E-state index in [9.17, 15) is 9.59 Å². The van der Waals surface area contributed by atoms with Crippen molar-refractivity contribution in [3.8, 4) is 0 Å². The number of aromatic nitrogens is 2. The summed E-state index contributed by atoms with van der Waals surface area (Å²) in [4.78, 5) is 27.3. The number of carbonyl (C=O) groups excluding carboxylic acids is 1. The SMILES string of the molecule is CSCc1nc2ccccc2n1CC(=O)N[C@@H](C)C(=O)O. The molecule has 0 aliphatic carbocycles. The minimum Gasteiger partial charge on any atom is -0.480 e. The lowest BCUT2D eigenvalue weighted by Gasteiger charge is -2.12. The largest absolute Gasteiger partial charge is 0.480 e. The molecule has 7 heteroatoms. The van der Waals surface area contributed by atoms with Gasteiger partial charge in [-0.15, -0.1) is 0 Å². The Morgan fingerprint density at radius 3 is 2.81 bits per heavy atom. The third-order valence-electron chi connectivity index (χ3n) is 3.06. The van der Waals surface area contributed by atoms with Gasteiger partial charge in [0.1, 0.15) is 18.4 Å². The van der Waals surface area contributed by atoms with Gasteiger partial charge in [-0.2, -0.15) is 11.8 Å². The van der Waals surface area contributed by atoms with Crippen molar-refractivity contribution in [1.29, 1.82) is 0 Å². The fourth-order valence-corrected chi connectivity index (χ4v) is 2.51. The average molecular weight is 307 g/mol. The number of carboxylic acids is 1. The van der Waals surface area contributed by atoms with Gasteiger partial charge in [0.15, 0.2) is 0 Å². The molecule has 2 rings (SSSR count). The number of nitrogens with zero attached hydrogens (tertiary/aromatic N) is 2. The number of benzene rings is 1. The molecule has 2 aromatic rings. The summed E-state index contributed by atoms with van der Waals surface area (Å²) in [5, 5.41) is 11.3. The van der Waals surface area contributed by atoms with Crippen molar-refractivity contribution in [1.82, 2.24) is 14.9 Å². The first-order valence-corrected chi connectivity index (χ1v) is 7.87. The number of rotatable bonds is 6. The van der Waals surface area contributed by atoms with Crippen LogP contribution >= 0.6 is 11.8 Å². The summed E-state index contributed by atoms with van der Waals surface area (Å²) in [7, 11) is 0. The van der Waals surface area contributed by atoms with Crippen LogP contribution < -0.4 is 5.32 Å². The second kappa shape index (κ2) is 6.62. The molecule has 0 spiro atoms. The highest BCUT2D eigenvalue weighted by atomic mass is 32.2. The van der Waals surface area contributed by atoms with Crippen LogP contribution in [-0.4, -0.2) is 38.8 Å². The Labute approximate surface area is 126 Å². The molecule has 6 nitrogen and oxygen atoms in total. The molecule has 1 aromatic heterocycles. The summed E-state index contributed by atoms with van der Waals surface area (Å²) < 4.78 is 1.83. The number of para-hydroxylation sites is 2. The number of amides is 1. The van der Waals surface area contributed by atoms with E-state index in [0.29, 0.717) is 5.75 Å². The summed E-state index contributed by atoms with van der Waals surface area (Å²) >= 11 is 1.62. The molecule has 0 radical (unpaired) electrons. The van der Waals surface area contributed by atoms with E-state index in [1.54, 1.807) is 11.8 Å². The van der Waals surface area contributed by atoms with Crippen LogP contribution in [0.4, 0.5) is 0 Å². The van der Waals surface area contributed by atoms with Gasteiger partial charge in [-0.1, -0.05) is 12.1 Å². The molecular weight excluding hydrogens is 290 g/mol. The van der Waals surface area contributed by atoms with Crippen molar-refractivity contribution < 1.29 is 14.7 Å². The summed E-state index contributed by atoms with van der Waals surface area (Å²) in [6.45, 7) is 1.50. The number of thioether (sulfide) groups is 1. The van der Waals surface area contributed by atoms with Gasteiger partial charge >= 0.3 is 5.97 Å². The Hall–Kier alpha value is -2.02. The molecule has 1 heterocycles. The highest BCUT2D eigenvalue weighted by Crippen LogP contribution is 2.18. The highest BCUT2D eigenvalue weighted by molar-refractivity contribution is 7.97. The maximum absolute atomic E-state index is 12.0. The first-order chi connectivity index (χ1) is 10.0. The number of imidazole rings is 1. The minimum absolute atomic E-state index is 0.0635. The molecule has 0 fully saturated rings. The zero-order chi connectivity index (χ0) is 15.4. The Kier molecular flexibility index (Phi) is 4.85. The number of hydrogen-bond acceptors (Lipinski definition) is 4. The van der Waals surface area contributed by atoms with Crippen LogP contribution in [0.1, 0.15) is 12.7 Å². The second-order valence-corrected chi connectivity index (χ2v) is 5.53. The van der Waals surface area contributed by atoms with E-state index in [-0.39, 0.29) is 12.5 Å². The van der Waals surface area contributed by atoms with E-state index in [4.69, 9.17) is 5.11 Å². The molecule has 2 N–H and O–H groups in total. The number of nitrogens with one attached hydrogen (secondary N) is 1. The van der Waals surface area contributed by atoms with E-state index in [0.717, 1.165) is 16.9 Å². The summed E-state index contributed by atoms with van der Waals surface area (Å²) in [6, 6.07) is 6.68. The summed E-state index contributed by atoms with van der Waals surface area (Å²) in [5.41, 5.74) is 1.71. The van der Waals surface area contributed by atoms with Crippen LogP contribution in [0, 0.1) is 0 Å². The standard InChI is InChI=1S/C14H17N3O3S/c1-9(14(19)20)15-13(18)7-17-11-6-4-3-5-10(11)16-12(17)8-21-2/h3-6,9H,7-8H2,1-2H3,(H,15,18)(H,19,20)/t9-/m0/s1. The van der Waals surface area contributed by atoms with Crippen LogP contribution in [0.25, 0.3) is 11.0 Å². The van der Waals surface area contributed by atoms with Crippen molar-refractivity contribution in [3.05, 3.63) is 30.1 Å². The van der Waals surface area contributed by atoms with E-state index >= 15 is 0 Å². The number of fused-ring (bicyclic) bond motifs is 1. The first-order valence-electron chi connectivity index (χ1n) is 6.48. The minimum atomic E-state index is -1.05. The molecule has 0 aliphatic rings. The predicted octanol–water partition coefficient (Wildman–Crippen LogP) is 1.49. The Balaban J connectivity index is 2.25.